The maximum Gasteiger partial charge on any atom is 0.338 e. The van der Waals surface area contributed by atoms with E-state index in [0.29, 0.717) is 43.2 Å². The van der Waals surface area contributed by atoms with Gasteiger partial charge in [0, 0.05) is 12.1 Å². The van der Waals surface area contributed by atoms with Gasteiger partial charge in [-0.05, 0) is 60.7 Å². The number of anilines is 1. The number of rotatable bonds is 11. The highest BCUT2D eigenvalue weighted by atomic mass is 16.5. The predicted molar refractivity (Wildman–Crippen MR) is 116 cm³/mol. The van der Waals surface area contributed by atoms with Crippen LogP contribution in [0.1, 0.15) is 68.3 Å². The summed E-state index contributed by atoms with van der Waals surface area (Å²) < 4.78 is 10.9. The highest BCUT2D eigenvalue weighted by Gasteiger charge is 2.08. The zero-order valence-electron chi connectivity index (χ0n) is 17.6. The summed E-state index contributed by atoms with van der Waals surface area (Å²) in [5.41, 5.74) is 2.42. The fourth-order valence-electron chi connectivity index (χ4n) is 2.68. The maximum atomic E-state index is 12.1. The van der Waals surface area contributed by atoms with E-state index < -0.39 is 0 Å². The summed E-state index contributed by atoms with van der Waals surface area (Å²) >= 11 is 0. The van der Waals surface area contributed by atoms with Crippen molar-refractivity contribution in [1.29, 1.82) is 0 Å². The van der Waals surface area contributed by atoms with E-state index in [1.54, 1.807) is 24.3 Å². The van der Waals surface area contributed by atoms with Crippen LogP contribution in [0, 0.1) is 0 Å². The van der Waals surface area contributed by atoms with Gasteiger partial charge in [0.2, 0.25) is 5.91 Å². The van der Waals surface area contributed by atoms with Crippen molar-refractivity contribution in [3.05, 3.63) is 59.7 Å². The topological polar surface area (TPSA) is 64.6 Å². The summed E-state index contributed by atoms with van der Waals surface area (Å²) in [7, 11) is 0. The number of esters is 1. The lowest BCUT2D eigenvalue weighted by molar-refractivity contribution is -0.116. The van der Waals surface area contributed by atoms with E-state index in [4.69, 9.17) is 9.47 Å². The highest BCUT2D eigenvalue weighted by molar-refractivity contribution is 5.93. The second-order valence-electron chi connectivity index (χ2n) is 7.29. The molecule has 0 aliphatic rings. The number of nitrogens with one attached hydrogen (secondary N) is 1. The molecular weight excluding hydrogens is 366 g/mol. The third-order valence-corrected chi connectivity index (χ3v) is 4.50. The molecule has 0 radical (unpaired) electrons. The van der Waals surface area contributed by atoms with Gasteiger partial charge in [-0.3, -0.25) is 4.79 Å². The molecule has 0 saturated heterocycles. The molecule has 0 fully saturated rings. The molecule has 0 aromatic heterocycles. The number of ether oxygens (including phenoxy) is 2. The van der Waals surface area contributed by atoms with E-state index in [0.717, 1.165) is 18.6 Å². The number of hydrogen-bond donors (Lipinski definition) is 1. The van der Waals surface area contributed by atoms with Crippen LogP contribution in [-0.2, 0) is 9.53 Å². The van der Waals surface area contributed by atoms with Crippen LogP contribution >= 0.6 is 0 Å². The van der Waals surface area contributed by atoms with Crippen LogP contribution in [-0.4, -0.2) is 25.1 Å². The molecule has 0 aliphatic heterocycles. The molecule has 0 heterocycles. The zero-order chi connectivity index (χ0) is 21.1. The lowest BCUT2D eigenvalue weighted by atomic mass is 10.0. The number of unbranched alkanes of at least 4 members (excludes halogenated alkanes) is 1. The Labute approximate surface area is 173 Å². The van der Waals surface area contributed by atoms with Gasteiger partial charge in [0.1, 0.15) is 5.75 Å². The largest absolute Gasteiger partial charge is 0.494 e. The van der Waals surface area contributed by atoms with Crippen LogP contribution in [0.15, 0.2) is 48.5 Å². The van der Waals surface area contributed by atoms with Gasteiger partial charge in [-0.25, -0.2) is 4.79 Å². The van der Waals surface area contributed by atoms with Crippen molar-refractivity contribution in [1.82, 2.24) is 0 Å². The molecule has 5 nitrogen and oxygen atoms in total. The number of carbonyl (C=O) groups is 2. The van der Waals surface area contributed by atoms with Crippen LogP contribution in [0.3, 0.4) is 0 Å². The van der Waals surface area contributed by atoms with E-state index in [-0.39, 0.29) is 11.9 Å². The summed E-state index contributed by atoms with van der Waals surface area (Å²) in [5, 5.41) is 2.83. The molecule has 0 bridgehead atoms. The lowest BCUT2D eigenvalue weighted by Gasteiger charge is -2.09. The molecule has 5 heteroatoms. The van der Waals surface area contributed by atoms with Gasteiger partial charge in [-0.15, -0.1) is 0 Å². The molecule has 2 aromatic carbocycles. The Hall–Kier alpha value is -2.82. The van der Waals surface area contributed by atoms with Crippen molar-refractivity contribution in [2.24, 2.45) is 0 Å². The predicted octanol–water partition coefficient (Wildman–Crippen LogP) is 5.56. The molecule has 2 aromatic rings. The summed E-state index contributed by atoms with van der Waals surface area (Å²) in [4.78, 5) is 24.0. The lowest BCUT2D eigenvalue weighted by Crippen LogP contribution is -2.13. The minimum absolute atomic E-state index is 0.0815. The summed E-state index contributed by atoms with van der Waals surface area (Å²) in [6, 6.07) is 14.8. The molecule has 156 valence electrons. The highest BCUT2D eigenvalue weighted by Crippen LogP contribution is 2.19. The van der Waals surface area contributed by atoms with Gasteiger partial charge in [-0.1, -0.05) is 39.3 Å². The number of benzene rings is 2. The fraction of sp³-hybridized carbons (Fsp3) is 0.417. The SMILES string of the molecule is CCCCOC(=O)c1ccc(NC(=O)CCCOc2ccc(C(C)C)cc2)cc1. The van der Waals surface area contributed by atoms with E-state index in [1.165, 1.54) is 5.56 Å². The van der Waals surface area contributed by atoms with E-state index in [9.17, 15) is 9.59 Å². The molecule has 1 amide bonds. The molecule has 0 aliphatic carbocycles. The molecule has 0 saturated carbocycles. The van der Waals surface area contributed by atoms with Gasteiger partial charge in [0.15, 0.2) is 0 Å². The molecule has 0 spiro atoms. The standard InChI is InChI=1S/C24H31NO4/c1-4-5-16-29-24(27)20-8-12-21(13-9-20)25-23(26)7-6-17-28-22-14-10-19(11-15-22)18(2)3/h8-15,18H,4-7,16-17H2,1-3H3,(H,25,26). The minimum atomic E-state index is -0.338. The third-order valence-electron chi connectivity index (χ3n) is 4.50. The Morgan fingerprint density at radius 1 is 0.931 bits per heavy atom. The van der Waals surface area contributed by atoms with Gasteiger partial charge in [-0.2, -0.15) is 0 Å². The van der Waals surface area contributed by atoms with Crippen molar-refractivity contribution >= 4 is 17.6 Å². The third kappa shape index (κ3) is 7.98. The monoisotopic (exact) mass is 397 g/mol. The molecular formula is C24H31NO4. The molecule has 0 unspecified atom stereocenters. The van der Waals surface area contributed by atoms with Crippen molar-refractivity contribution in [3.8, 4) is 5.75 Å². The smallest absolute Gasteiger partial charge is 0.338 e. The number of hydrogen-bond acceptors (Lipinski definition) is 4. The first-order valence-corrected chi connectivity index (χ1v) is 10.3. The Morgan fingerprint density at radius 2 is 1.62 bits per heavy atom. The van der Waals surface area contributed by atoms with Gasteiger partial charge in [0.05, 0.1) is 18.8 Å². The summed E-state index contributed by atoms with van der Waals surface area (Å²) in [5.74, 6) is 0.890. The summed E-state index contributed by atoms with van der Waals surface area (Å²) in [6.07, 6.45) is 2.82. The average molecular weight is 398 g/mol. The Kier molecular flexibility index (Phi) is 9.22. The van der Waals surface area contributed by atoms with Crippen LogP contribution in [0.25, 0.3) is 0 Å². The average Bonchev–Trinajstić information content (AvgIpc) is 2.72. The fourth-order valence-corrected chi connectivity index (χ4v) is 2.68. The van der Waals surface area contributed by atoms with Crippen LogP contribution in [0.4, 0.5) is 5.69 Å². The molecule has 29 heavy (non-hydrogen) atoms. The Balaban J connectivity index is 1.69. The van der Waals surface area contributed by atoms with Crippen LogP contribution < -0.4 is 10.1 Å². The van der Waals surface area contributed by atoms with Crippen molar-refractivity contribution < 1.29 is 19.1 Å². The molecule has 1 N–H and O–H groups in total. The molecule has 0 atom stereocenters. The summed E-state index contributed by atoms with van der Waals surface area (Å²) in [6.45, 7) is 7.26. The van der Waals surface area contributed by atoms with Gasteiger partial charge < -0.3 is 14.8 Å². The van der Waals surface area contributed by atoms with E-state index in [1.807, 2.05) is 19.1 Å². The Bertz CT molecular complexity index is 766. The molecule has 2 rings (SSSR count). The first-order valence-electron chi connectivity index (χ1n) is 10.3. The quantitative estimate of drug-likeness (QED) is 0.398. The van der Waals surface area contributed by atoms with Crippen LogP contribution in [0.5, 0.6) is 5.75 Å². The van der Waals surface area contributed by atoms with E-state index >= 15 is 0 Å². The second-order valence-corrected chi connectivity index (χ2v) is 7.29. The van der Waals surface area contributed by atoms with Crippen molar-refractivity contribution in [2.75, 3.05) is 18.5 Å². The van der Waals surface area contributed by atoms with Crippen molar-refractivity contribution in [2.45, 2.75) is 52.4 Å². The number of carbonyl (C=O) groups excluding carboxylic acids is 2. The normalized spacial score (nSPS) is 10.6. The first-order chi connectivity index (χ1) is 14.0. The van der Waals surface area contributed by atoms with Gasteiger partial charge >= 0.3 is 5.97 Å². The minimum Gasteiger partial charge on any atom is -0.494 e. The second kappa shape index (κ2) is 11.9. The zero-order valence-corrected chi connectivity index (χ0v) is 17.6. The van der Waals surface area contributed by atoms with Crippen LogP contribution in [0.2, 0.25) is 0 Å². The maximum absolute atomic E-state index is 12.1. The van der Waals surface area contributed by atoms with E-state index in [2.05, 4.69) is 31.3 Å². The van der Waals surface area contributed by atoms with Crippen molar-refractivity contribution in [3.63, 3.8) is 0 Å². The Morgan fingerprint density at radius 3 is 2.24 bits per heavy atom. The number of amides is 1. The first kappa shape index (κ1) is 22.5. The van der Waals surface area contributed by atoms with Gasteiger partial charge in [0.25, 0.3) is 0 Å².